The Kier molecular flexibility index (Phi) is 5.08. The zero-order valence-corrected chi connectivity index (χ0v) is 5.85. The van der Waals surface area contributed by atoms with Crippen LogP contribution in [0.2, 0.25) is 0 Å². The maximum Gasteiger partial charge on any atom is 0.0319 e. The largest absolute Gasteiger partial charge is 0.400 e. The van der Waals surface area contributed by atoms with Gasteiger partial charge in [0.2, 0.25) is 0 Å². The summed E-state index contributed by atoms with van der Waals surface area (Å²) in [5, 5.41) is 7.00. The van der Waals surface area contributed by atoms with Gasteiger partial charge >= 0.3 is 0 Å². The van der Waals surface area contributed by atoms with E-state index in [4.69, 9.17) is 5.11 Å². The number of aliphatic hydroxyl groups is 1. The molecule has 1 rings (SSSR count). The lowest BCUT2D eigenvalue weighted by Crippen LogP contribution is -2.08. The van der Waals surface area contributed by atoms with Gasteiger partial charge in [-0.15, -0.1) is 0 Å². The highest BCUT2D eigenvalue weighted by atomic mass is 16.2. The zero-order chi connectivity index (χ0) is 6.41. The topological polar surface area (TPSA) is 20.2 Å². The van der Waals surface area contributed by atoms with Gasteiger partial charge in [0.25, 0.3) is 0 Å². The Morgan fingerprint density at radius 3 is 1.88 bits per heavy atom. The van der Waals surface area contributed by atoms with Crippen LogP contribution in [0.4, 0.5) is 0 Å². The molecule has 1 aliphatic carbocycles. The van der Waals surface area contributed by atoms with Crippen LogP contribution in [0.15, 0.2) is 0 Å². The van der Waals surface area contributed by atoms with E-state index in [-0.39, 0.29) is 0 Å². The number of rotatable bonds is 1. The number of hydrogen-bond acceptors (Lipinski definition) is 1. The monoisotopic (exact) mass is 116 g/mol. The summed E-state index contributed by atoms with van der Waals surface area (Å²) in [5.74, 6) is 1.12. The molecule has 0 amide bonds. The molecule has 1 heteroatoms. The predicted octanol–water partition coefficient (Wildman–Crippen LogP) is 1.81. The summed E-state index contributed by atoms with van der Waals surface area (Å²) in [6.45, 7) is 2.28. The second-order valence-corrected chi connectivity index (χ2v) is 2.21. The molecule has 0 aromatic rings. The van der Waals surface area contributed by atoms with Gasteiger partial charge < -0.3 is 5.11 Å². The predicted molar refractivity (Wildman–Crippen MR) is 35.8 cm³/mol. The first-order valence-electron chi connectivity index (χ1n) is 3.38. The lowest BCUT2D eigenvalue weighted by atomic mass is 9.84. The van der Waals surface area contributed by atoms with Gasteiger partial charge in [-0.05, 0) is 5.92 Å². The van der Waals surface area contributed by atoms with Crippen molar-refractivity contribution >= 4 is 0 Å². The average Bonchev–Trinajstić information content (AvgIpc) is 1.69. The Balaban J connectivity index is 0.000000222. The van der Waals surface area contributed by atoms with Gasteiger partial charge in [0.05, 0.1) is 0 Å². The van der Waals surface area contributed by atoms with E-state index in [1.807, 2.05) is 0 Å². The van der Waals surface area contributed by atoms with Crippen LogP contribution in [0.1, 0.15) is 32.6 Å². The maximum atomic E-state index is 7.00. The molecule has 0 heterocycles. The molecule has 1 nitrogen and oxygen atoms in total. The van der Waals surface area contributed by atoms with Crippen molar-refractivity contribution in [2.24, 2.45) is 5.92 Å². The van der Waals surface area contributed by atoms with Crippen molar-refractivity contribution < 1.29 is 5.11 Å². The highest BCUT2D eigenvalue weighted by Gasteiger charge is 2.13. The quantitative estimate of drug-likeness (QED) is 0.554. The Labute approximate surface area is 51.7 Å². The van der Waals surface area contributed by atoms with Gasteiger partial charge in [-0.25, -0.2) is 0 Å². The Morgan fingerprint density at radius 1 is 1.38 bits per heavy atom. The second kappa shape index (κ2) is 5.10. The molecule has 0 saturated heterocycles. The van der Waals surface area contributed by atoms with Crippen LogP contribution >= 0.6 is 0 Å². The van der Waals surface area contributed by atoms with Crippen LogP contribution in [-0.4, -0.2) is 12.2 Å². The molecule has 8 heavy (non-hydrogen) atoms. The van der Waals surface area contributed by atoms with Crippen molar-refractivity contribution in [2.75, 3.05) is 7.11 Å². The minimum Gasteiger partial charge on any atom is -0.400 e. The van der Waals surface area contributed by atoms with Gasteiger partial charge in [-0.1, -0.05) is 32.6 Å². The molecule has 0 aromatic carbocycles. The third-order valence-corrected chi connectivity index (χ3v) is 1.80. The fourth-order valence-corrected chi connectivity index (χ4v) is 0.901. The van der Waals surface area contributed by atoms with Crippen molar-refractivity contribution in [3.05, 3.63) is 0 Å². The number of hydrogen-bond donors (Lipinski definition) is 1. The van der Waals surface area contributed by atoms with Crippen LogP contribution in [0, 0.1) is 5.92 Å². The molecule has 1 N–H and O–H groups in total. The van der Waals surface area contributed by atoms with Gasteiger partial charge in [0, 0.05) is 7.11 Å². The van der Waals surface area contributed by atoms with Crippen molar-refractivity contribution in [1.82, 2.24) is 0 Å². The van der Waals surface area contributed by atoms with E-state index in [1.165, 1.54) is 25.7 Å². The van der Waals surface area contributed by atoms with Crippen molar-refractivity contribution in [1.29, 1.82) is 0 Å². The molecular formula is C7H16O. The maximum absolute atomic E-state index is 7.00. The minimum absolute atomic E-state index is 1.00. The molecule has 0 atom stereocenters. The number of aliphatic hydroxyl groups excluding tert-OH is 1. The summed E-state index contributed by atoms with van der Waals surface area (Å²) in [6.07, 6.45) is 5.94. The standard InChI is InChI=1S/C6H12.CH4O/c1-2-6-4-3-5-6;1-2/h6H,2-5H2,1H3;2H,1H3. The third-order valence-electron chi connectivity index (χ3n) is 1.80. The zero-order valence-electron chi connectivity index (χ0n) is 5.85. The molecule has 0 spiro atoms. The minimum atomic E-state index is 1.00. The SMILES string of the molecule is CCC1CCC1.CO. The normalized spacial score (nSPS) is 18.4. The van der Waals surface area contributed by atoms with E-state index in [2.05, 4.69) is 6.92 Å². The van der Waals surface area contributed by atoms with E-state index < -0.39 is 0 Å². The van der Waals surface area contributed by atoms with Gasteiger partial charge in [0.15, 0.2) is 0 Å². The van der Waals surface area contributed by atoms with Crippen LogP contribution in [0.3, 0.4) is 0 Å². The third kappa shape index (κ3) is 2.31. The molecule has 0 radical (unpaired) electrons. The van der Waals surface area contributed by atoms with Gasteiger partial charge in [0.1, 0.15) is 0 Å². The summed E-state index contributed by atoms with van der Waals surface area (Å²) < 4.78 is 0. The van der Waals surface area contributed by atoms with Crippen LogP contribution in [0.25, 0.3) is 0 Å². The van der Waals surface area contributed by atoms with Crippen LogP contribution in [-0.2, 0) is 0 Å². The lowest BCUT2D eigenvalue weighted by molar-refractivity contribution is 0.307. The average molecular weight is 116 g/mol. The smallest absolute Gasteiger partial charge is 0.0319 e. The fourth-order valence-electron chi connectivity index (χ4n) is 0.901. The van der Waals surface area contributed by atoms with E-state index in [0.29, 0.717) is 0 Å². The molecular weight excluding hydrogens is 100 g/mol. The first kappa shape index (κ1) is 7.96. The fraction of sp³-hybridized carbons (Fsp3) is 1.00. The second-order valence-electron chi connectivity index (χ2n) is 2.21. The van der Waals surface area contributed by atoms with Crippen molar-refractivity contribution in [3.8, 4) is 0 Å². The van der Waals surface area contributed by atoms with Gasteiger partial charge in [-0.3, -0.25) is 0 Å². The highest BCUT2D eigenvalue weighted by molar-refractivity contribution is 4.66. The first-order chi connectivity index (χ1) is 3.93. The lowest BCUT2D eigenvalue weighted by Gasteiger charge is -2.22. The summed E-state index contributed by atoms with van der Waals surface area (Å²) in [6, 6.07) is 0. The van der Waals surface area contributed by atoms with Crippen molar-refractivity contribution in [3.63, 3.8) is 0 Å². The van der Waals surface area contributed by atoms with E-state index in [0.717, 1.165) is 13.0 Å². The Hall–Kier alpha value is -0.0400. The Morgan fingerprint density at radius 2 is 1.88 bits per heavy atom. The molecule has 0 aromatic heterocycles. The Bertz CT molecular complexity index is 36.9. The first-order valence-corrected chi connectivity index (χ1v) is 3.38. The van der Waals surface area contributed by atoms with E-state index in [1.54, 1.807) is 0 Å². The summed E-state index contributed by atoms with van der Waals surface area (Å²) in [4.78, 5) is 0. The van der Waals surface area contributed by atoms with Gasteiger partial charge in [-0.2, -0.15) is 0 Å². The highest BCUT2D eigenvalue weighted by Crippen LogP contribution is 2.28. The molecule has 1 aliphatic rings. The van der Waals surface area contributed by atoms with Crippen LogP contribution in [0.5, 0.6) is 0 Å². The molecule has 0 bridgehead atoms. The summed E-state index contributed by atoms with van der Waals surface area (Å²) in [5.41, 5.74) is 0. The van der Waals surface area contributed by atoms with Crippen LogP contribution < -0.4 is 0 Å². The van der Waals surface area contributed by atoms with Crippen molar-refractivity contribution in [2.45, 2.75) is 32.6 Å². The van der Waals surface area contributed by atoms with E-state index in [9.17, 15) is 0 Å². The molecule has 0 aliphatic heterocycles. The summed E-state index contributed by atoms with van der Waals surface area (Å²) >= 11 is 0. The summed E-state index contributed by atoms with van der Waals surface area (Å²) in [7, 11) is 1.00. The molecule has 1 fully saturated rings. The molecule has 1 saturated carbocycles. The molecule has 0 unspecified atom stereocenters. The van der Waals surface area contributed by atoms with E-state index >= 15 is 0 Å². The molecule has 50 valence electrons.